The average Bonchev–Trinajstić information content (AvgIpc) is 0.828. The number of methoxy groups -OCH3 is 2. The van der Waals surface area contributed by atoms with Gasteiger partial charge in [-0.1, -0.05) is 0 Å². The molecule has 1 amide bonds. The van der Waals surface area contributed by atoms with Gasteiger partial charge in [-0.25, -0.2) is 76.5 Å². The molecule has 8 aromatic rings. The number of carboxylic acids is 1. The Morgan fingerprint density at radius 2 is 0.574 bits per heavy atom. The van der Waals surface area contributed by atoms with Crippen LogP contribution in [0, 0.1) is 52.6 Å². The molecule has 0 unspecified atom stereocenters. The van der Waals surface area contributed by atoms with Gasteiger partial charge >= 0.3 is 29.6 Å². The summed E-state index contributed by atoms with van der Waals surface area (Å²) in [5.41, 5.74) is 26.3. The first-order valence-corrected chi connectivity index (χ1v) is 48.7. The van der Waals surface area contributed by atoms with E-state index in [-0.39, 0.29) is 219 Å². The zero-order valence-electron chi connectivity index (χ0n) is 83.9. The second-order valence-electron chi connectivity index (χ2n) is 37.8. The smallest absolute Gasteiger partial charge is 0.412 e. The first-order chi connectivity index (χ1) is 69.1. The number of hydrogen-bond acceptors (Lipinski definition) is 21. The van der Waals surface area contributed by atoms with E-state index in [1.54, 1.807) is 164 Å². The van der Waals surface area contributed by atoms with E-state index in [4.69, 9.17) is 91.1 Å². The molecule has 8 aliphatic carbocycles. The number of anilines is 5. The quantitative estimate of drug-likeness (QED) is 0.0359. The van der Waals surface area contributed by atoms with Gasteiger partial charge in [-0.05, 0) is 221 Å². The molecule has 12 N–H and O–H groups in total. The Morgan fingerprint density at radius 1 is 0.338 bits per heavy atom. The van der Waals surface area contributed by atoms with E-state index < -0.39 is 40.8 Å². The van der Waals surface area contributed by atoms with Gasteiger partial charge in [0.25, 0.3) is 38.9 Å². The summed E-state index contributed by atoms with van der Waals surface area (Å²) < 4.78 is 29.9. The summed E-state index contributed by atoms with van der Waals surface area (Å²) >= 11 is 0. The van der Waals surface area contributed by atoms with Gasteiger partial charge < -0.3 is 123 Å². The van der Waals surface area contributed by atoms with Crippen molar-refractivity contribution in [1.29, 1.82) is 0 Å². The molecule has 0 aliphatic heterocycles. The third-order valence-electron chi connectivity index (χ3n) is 26.6. The summed E-state index contributed by atoms with van der Waals surface area (Å²) in [6.07, 6.45) is 41.8. The number of pyridine rings is 7. The Morgan fingerprint density at radius 3 is 0.831 bits per heavy atom. The number of esters is 2. The Labute approximate surface area is 885 Å². The lowest BCUT2D eigenvalue weighted by Crippen LogP contribution is -2.33. The van der Waals surface area contributed by atoms with Crippen LogP contribution in [-0.2, 0) is 14.2 Å². The number of carbonyl (C=O) groups excluding carboxylic acids is 3. The lowest BCUT2D eigenvalue weighted by Gasteiger charge is -2.25. The third-order valence-corrected chi connectivity index (χ3v) is 26.6. The van der Waals surface area contributed by atoms with E-state index in [0.717, 1.165) is 186 Å². The zero-order valence-corrected chi connectivity index (χ0v) is 87.2. The monoisotopic (exact) mass is 2110 g/mol. The van der Waals surface area contributed by atoms with Gasteiger partial charge in [0.15, 0.2) is 0 Å². The molecule has 0 spiro atoms. The summed E-state index contributed by atoms with van der Waals surface area (Å²) in [6, 6.07) is 27.0. The summed E-state index contributed by atoms with van der Waals surface area (Å²) in [6.45, 7) is 61.6. The highest BCUT2D eigenvalue weighted by Crippen LogP contribution is 2.36. The van der Waals surface area contributed by atoms with Gasteiger partial charge in [0, 0.05) is 194 Å². The molecule has 8 aliphatic rings. The first-order valence-electron chi connectivity index (χ1n) is 48.7. The standard InChI is InChI=1S/C17H23N3O3.C14H16N2O3.C13H14N2O3.4C12H15N3O.C7H12N2.C7H6O4.4ClH/c1-17(2,3)23-16(22)19-14-9-6-10-20(15(14)21)13-8-5-7-12(11-13)18-4;1-15-10-5-3-6-11(9-10)16-8-4-7-12(13(16)17)14(18)19-2;1-14-9-4-2-5-10(8-9)15-7-3-6-11(12(15)16)13(17)18;4*1-14-9-4-2-5-10(8-9)15-7-3-6-11(13)12(15)16;1-9-7-4-2-3-6(8)5-7;1-10-6(8)5-3-2-4-11-7(5)9;;;;/h6,9-10,12-13H,5,7-8,11H2,1-3H3,(H,19,22);4,7-8,10-11H,3,5-6,9H2,2H3;3,6-7,9-10H,2,4-5,8H2,(H,17,18);4*3,6-7,9-10H,2,4-5,8,13H2;6-7H,2-5,8H2;2-4H,1H3;4*1H/t12-,13+;10-,11+;5*9-,10+;6-,7+;;;;;/m11111100...../s1. The fourth-order valence-electron chi connectivity index (χ4n) is 19.1. The lowest BCUT2D eigenvalue weighted by molar-refractivity contribution is 0.0587. The average molecular weight is 2120 g/mol. The van der Waals surface area contributed by atoms with Crippen LogP contribution in [0.3, 0.4) is 0 Å². The van der Waals surface area contributed by atoms with Crippen molar-refractivity contribution in [2.24, 2.45) is 5.73 Å². The number of hydrogen-bond donors (Lipinski definition) is 7. The number of nitrogen functional groups attached to an aromatic ring is 4. The van der Waals surface area contributed by atoms with Gasteiger partial charge in [-0.3, -0.25) is 38.9 Å². The van der Waals surface area contributed by atoms with Crippen LogP contribution in [0.5, 0.6) is 0 Å². The van der Waals surface area contributed by atoms with Gasteiger partial charge in [-0.15, -0.1) is 49.6 Å². The fraction of sp³-hybridized carbons (Fsp3) is 0.509. The molecule has 0 aromatic carbocycles. The van der Waals surface area contributed by atoms with Crippen LogP contribution in [0.15, 0.2) is 189 Å². The van der Waals surface area contributed by atoms with Crippen molar-refractivity contribution in [3.05, 3.63) is 338 Å². The normalized spacial score (nSPS) is 22.7. The molecule has 794 valence electrons. The summed E-state index contributed by atoms with van der Waals surface area (Å²) in [5.74, 6) is -2.50. The van der Waals surface area contributed by atoms with Crippen LogP contribution < -0.4 is 78.5 Å². The van der Waals surface area contributed by atoms with Crippen molar-refractivity contribution in [3.8, 4) is 0 Å². The Balaban J connectivity index is 0.000000348. The van der Waals surface area contributed by atoms with Crippen molar-refractivity contribution < 1.29 is 42.9 Å². The van der Waals surface area contributed by atoms with Gasteiger partial charge in [0.2, 0.25) is 48.3 Å². The number of halogens is 4. The minimum Gasteiger partial charge on any atom is -0.477 e. The molecule has 8 saturated carbocycles. The first kappa shape index (κ1) is 126. The molecule has 8 heterocycles. The molecule has 16 rings (SSSR count). The molecule has 8 fully saturated rings. The Bertz CT molecular complexity index is 6210. The number of rotatable bonds is 11. The highest BCUT2D eigenvalue weighted by Gasteiger charge is 2.35. The number of ether oxygens (including phenoxy) is 3. The van der Waals surface area contributed by atoms with E-state index in [0.29, 0.717) is 25.3 Å². The van der Waals surface area contributed by atoms with Crippen LogP contribution in [0.25, 0.3) is 38.8 Å². The van der Waals surface area contributed by atoms with Gasteiger partial charge in [-0.2, -0.15) is 0 Å². The van der Waals surface area contributed by atoms with E-state index in [1.165, 1.54) is 49.3 Å². The van der Waals surface area contributed by atoms with E-state index in [2.05, 4.69) is 58.0 Å². The maximum absolute atomic E-state index is 12.6. The number of amides is 1. The molecule has 38 nitrogen and oxygen atoms in total. The van der Waals surface area contributed by atoms with Gasteiger partial charge in [0.1, 0.15) is 28.0 Å². The molecule has 0 bridgehead atoms. The third kappa shape index (κ3) is 37.8. The maximum Gasteiger partial charge on any atom is 0.412 e. The predicted octanol–water partition coefficient (Wildman–Crippen LogP) is 18.2. The molecule has 42 heteroatoms. The second-order valence-corrected chi connectivity index (χ2v) is 37.8. The van der Waals surface area contributed by atoms with E-state index >= 15 is 0 Å². The topological polar surface area (TPSA) is 477 Å². The molecule has 0 saturated heterocycles. The summed E-state index contributed by atoms with van der Waals surface area (Å²) in [7, 11) is 2.46. The fourth-order valence-corrected chi connectivity index (χ4v) is 19.1. The Kier molecular flexibility index (Phi) is 54.3. The highest BCUT2D eigenvalue weighted by molar-refractivity contribution is 5.89. The number of nitrogens with one attached hydrogen (secondary N) is 1. The lowest BCUT2D eigenvalue weighted by atomic mass is 9.91. The summed E-state index contributed by atoms with van der Waals surface area (Å²) in [4.78, 5) is 168. The number of aromatic carboxylic acids is 1. The van der Waals surface area contributed by atoms with Crippen molar-refractivity contribution in [3.63, 3.8) is 0 Å². The van der Waals surface area contributed by atoms with Crippen molar-refractivity contribution in [2.45, 2.75) is 329 Å². The second kappa shape index (κ2) is 63.8. The van der Waals surface area contributed by atoms with E-state index in [1.807, 2.05) is 0 Å². The highest BCUT2D eigenvalue weighted by atomic mass is 35.5. The van der Waals surface area contributed by atoms with Crippen LogP contribution >= 0.6 is 49.6 Å². The van der Waals surface area contributed by atoms with Crippen molar-refractivity contribution in [2.75, 3.05) is 42.5 Å². The zero-order chi connectivity index (χ0) is 105. The van der Waals surface area contributed by atoms with Crippen LogP contribution in [-0.4, -0.2) is 135 Å². The number of carbonyl (C=O) groups is 4. The maximum atomic E-state index is 12.6. The van der Waals surface area contributed by atoms with Crippen LogP contribution in [0.1, 0.15) is 300 Å². The minimum atomic E-state index is -1.20. The number of carboxylic acid groups (broad SMARTS) is 1. The molecule has 8 aromatic heterocycles. The minimum absolute atomic E-state index is 0. The number of aromatic nitrogens is 7. The molecular weight excluding hydrogens is 1980 g/mol. The molecule has 148 heavy (non-hydrogen) atoms. The van der Waals surface area contributed by atoms with Crippen molar-refractivity contribution >= 4 is 102 Å². The van der Waals surface area contributed by atoms with Gasteiger partial charge in [0.05, 0.1) is 43.2 Å². The largest absolute Gasteiger partial charge is 0.477 e. The Hall–Kier alpha value is -14.5. The number of nitrogens with zero attached hydrogens (tertiary/aromatic N) is 15. The van der Waals surface area contributed by atoms with Crippen molar-refractivity contribution in [1.82, 2.24) is 32.0 Å². The molecule has 16 atom stereocenters. The van der Waals surface area contributed by atoms with Crippen LogP contribution in [0.4, 0.5) is 33.2 Å². The van der Waals surface area contributed by atoms with Crippen LogP contribution in [0.2, 0.25) is 0 Å². The molecule has 0 radical (unpaired) electrons. The van der Waals surface area contributed by atoms with E-state index in [9.17, 15) is 57.5 Å². The molecular formula is C106H135Cl4N21O17. The number of nitrogens with two attached hydrogens (primary N) is 5. The summed E-state index contributed by atoms with van der Waals surface area (Å²) in [5, 5.41) is 11.4. The SMILES string of the molecule is COC(=O)c1cccoc1=O.Cl.Cl.Cl.Cl.[C-]#[N+][C@@H]1CCC[C@H](N)C1.[C-]#[N+][C@@H]1CCC[C@H](n2cccc(C(=O)O)c2=O)C1.[C-]#[N+][C@@H]1CCC[C@H](n2cccc(C(=O)OC)c2=O)C1.[C-]#[N+][C@@H]1CCC[C@H](n2cccc(N)c2=O)C1.[C-]#[N+][C@@H]1CCC[C@H](n2cccc(N)c2=O)C1.[C-]#[N+][C@@H]1CCC[C@H](n2cccc(N)c2=O)C1.[C-]#[N+][C@@H]1CCC[C@H](n2cccc(NC(=O)OC(C)(C)C)c2=O)C1.[C-]#[N+][C@H]1CCC[C@@H](n2cccc(N)c2=O)C1. The predicted molar refractivity (Wildman–Crippen MR) is 578 cm³/mol.